The summed E-state index contributed by atoms with van der Waals surface area (Å²) in [6.07, 6.45) is -1.20. The molecule has 1 unspecified atom stereocenters. The topological polar surface area (TPSA) is 84.4 Å². The lowest BCUT2D eigenvalue weighted by Gasteiger charge is -2.28. The van der Waals surface area contributed by atoms with Gasteiger partial charge in [-0.2, -0.15) is 0 Å². The van der Waals surface area contributed by atoms with E-state index in [9.17, 15) is 13.7 Å². The first-order valence-electron chi connectivity index (χ1n) is 6.20. The van der Waals surface area contributed by atoms with Crippen molar-refractivity contribution in [1.82, 2.24) is 10.0 Å². The van der Waals surface area contributed by atoms with Crippen LogP contribution in [0.25, 0.3) is 0 Å². The number of halogens is 2. The molecule has 0 aromatic heterocycles. The van der Waals surface area contributed by atoms with E-state index >= 15 is 0 Å². The van der Waals surface area contributed by atoms with Crippen LogP contribution in [-0.4, -0.2) is 27.0 Å². The molecule has 0 saturated carbocycles. The maximum atomic E-state index is 13.5. The Labute approximate surface area is 134 Å². The Balaban J connectivity index is 2.98. The summed E-state index contributed by atoms with van der Waals surface area (Å²) >= 11 is 1.77. The van der Waals surface area contributed by atoms with Gasteiger partial charge in [-0.1, -0.05) is 15.9 Å². The van der Waals surface area contributed by atoms with Crippen LogP contribution in [0.3, 0.4) is 0 Å². The summed E-state index contributed by atoms with van der Waals surface area (Å²) in [7, 11) is 0. The molecule has 21 heavy (non-hydrogen) atoms. The molecule has 1 rings (SSSR count). The number of rotatable bonds is 5. The third-order valence-electron chi connectivity index (χ3n) is 2.55. The summed E-state index contributed by atoms with van der Waals surface area (Å²) < 4.78 is 28.5. The van der Waals surface area contributed by atoms with Gasteiger partial charge in [-0.05, 0) is 44.5 Å². The first-order valence-corrected chi connectivity index (χ1v) is 8.14. The van der Waals surface area contributed by atoms with Crippen molar-refractivity contribution in [3.63, 3.8) is 0 Å². The zero-order chi connectivity index (χ0) is 16.2. The van der Waals surface area contributed by atoms with Gasteiger partial charge in [-0.15, -0.1) is 4.72 Å². The van der Waals surface area contributed by atoms with Crippen molar-refractivity contribution in [2.24, 2.45) is 0 Å². The first-order chi connectivity index (χ1) is 9.59. The van der Waals surface area contributed by atoms with E-state index in [1.54, 1.807) is 26.8 Å². The first kappa shape index (κ1) is 18.2. The second-order valence-corrected chi connectivity index (χ2v) is 8.35. The van der Waals surface area contributed by atoms with Crippen LogP contribution in [0.15, 0.2) is 22.7 Å². The molecule has 1 aromatic rings. The van der Waals surface area contributed by atoms with Crippen molar-refractivity contribution in [3.05, 3.63) is 34.1 Å². The van der Waals surface area contributed by atoms with Crippen LogP contribution in [0.1, 0.15) is 32.4 Å². The average Bonchev–Trinajstić information content (AvgIpc) is 2.31. The van der Waals surface area contributed by atoms with Gasteiger partial charge >= 0.3 is 6.09 Å². The number of carbonyl (C=O) groups is 1. The Morgan fingerprint density at radius 1 is 1.48 bits per heavy atom. The molecule has 0 aliphatic carbocycles. The van der Waals surface area contributed by atoms with Crippen LogP contribution in [0.2, 0.25) is 0 Å². The minimum atomic E-state index is -1.42. The monoisotopic (exact) mass is 380 g/mol. The van der Waals surface area contributed by atoms with Gasteiger partial charge in [0.25, 0.3) is 0 Å². The highest BCUT2D eigenvalue weighted by atomic mass is 79.9. The molecular formula is C13H18BrFN2O3S. The third kappa shape index (κ3) is 6.21. The van der Waals surface area contributed by atoms with Crippen molar-refractivity contribution in [3.8, 4) is 0 Å². The van der Waals surface area contributed by atoms with Crippen LogP contribution in [0.4, 0.5) is 9.18 Å². The van der Waals surface area contributed by atoms with Gasteiger partial charge in [0, 0.05) is 22.4 Å². The molecule has 5 nitrogen and oxygen atoms in total. The Morgan fingerprint density at radius 3 is 2.57 bits per heavy atom. The maximum Gasteiger partial charge on any atom is 0.404 e. The minimum Gasteiger partial charge on any atom is -0.598 e. The SMILES string of the molecule is CC(C)(C)[S+]([O-])N[C@H](CNC(=O)O)c1cc(F)cc(Br)c1. The van der Waals surface area contributed by atoms with Crippen molar-refractivity contribution >= 4 is 33.4 Å². The zero-order valence-corrected chi connectivity index (χ0v) is 14.3. The number of amides is 1. The standard InChI is InChI=1S/C13H18BrFN2O3S/c1-13(2,3)21(20)17-11(7-16-12(18)19)8-4-9(14)6-10(15)5-8/h4-6,11,16-17H,7H2,1-3H3,(H,18,19)/t11-,21?/m1/s1. The Kier molecular flexibility index (Phi) is 6.45. The zero-order valence-electron chi connectivity index (χ0n) is 11.9. The molecule has 0 spiro atoms. The number of carboxylic acid groups (broad SMARTS) is 1. The summed E-state index contributed by atoms with van der Waals surface area (Å²) in [4.78, 5) is 10.7. The van der Waals surface area contributed by atoms with E-state index in [1.165, 1.54) is 12.1 Å². The van der Waals surface area contributed by atoms with E-state index in [0.717, 1.165) is 0 Å². The molecule has 0 aliphatic rings. The molecule has 0 radical (unpaired) electrons. The van der Waals surface area contributed by atoms with E-state index in [1.807, 2.05) is 0 Å². The normalized spacial score (nSPS) is 14.6. The van der Waals surface area contributed by atoms with Crippen molar-refractivity contribution in [1.29, 1.82) is 0 Å². The average molecular weight is 381 g/mol. The van der Waals surface area contributed by atoms with Crippen LogP contribution < -0.4 is 10.0 Å². The second-order valence-electron chi connectivity index (χ2n) is 5.44. The van der Waals surface area contributed by atoms with Crippen molar-refractivity contribution in [2.75, 3.05) is 6.54 Å². The lowest BCUT2D eigenvalue weighted by molar-refractivity contribution is 0.193. The fourth-order valence-corrected chi connectivity index (χ4v) is 2.81. The minimum absolute atomic E-state index is 0.0208. The molecule has 0 saturated heterocycles. The van der Waals surface area contributed by atoms with Crippen LogP contribution in [0.5, 0.6) is 0 Å². The van der Waals surface area contributed by atoms with Gasteiger partial charge < -0.3 is 15.0 Å². The third-order valence-corrected chi connectivity index (χ3v) is 4.62. The Morgan fingerprint density at radius 2 is 2.10 bits per heavy atom. The van der Waals surface area contributed by atoms with Crippen LogP contribution >= 0.6 is 15.9 Å². The molecule has 8 heteroatoms. The van der Waals surface area contributed by atoms with Crippen molar-refractivity contribution in [2.45, 2.75) is 31.6 Å². The smallest absolute Gasteiger partial charge is 0.404 e. The summed E-state index contributed by atoms with van der Waals surface area (Å²) in [6.45, 7) is 5.35. The number of benzene rings is 1. The molecule has 2 atom stereocenters. The molecule has 118 valence electrons. The molecule has 3 N–H and O–H groups in total. The van der Waals surface area contributed by atoms with E-state index < -0.39 is 34.1 Å². The van der Waals surface area contributed by atoms with Gasteiger partial charge in [0.2, 0.25) is 0 Å². The maximum absolute atomic E-state index is 13.5. The van der Waals surface area contributed by atoms with E-state index in [4.69, 9.17) is 5.11 Å². The number of hydrogen-bond donors (Lipinski definition) is 3. The fourth-order valence-electron chi connectivity index (χ4n) is 1.50. The summed E-state index contributed by atoms with van der Waals surface area (Å²) in [6, 6.07) is 3.63. The highest BCUT2D eigenvalue weighted by Crippen LogP contribution is 2.23. The van der Waals surface area contributed by atoms with E-state index in [0.29, 0.717) is 10.0 Å². The van der Waals surface area contributed by atoms with Crippen molar-refractivity contribution < 1.29 is 18.8 Å². The van der Waals surface area contributed by atoms with Crippen LogP contribution in [0, 0.1) is 5.82 Å². The second kappa shape index (κ2) is 7.44. The molecule has 0 fully saturated rings. The molecule has 1 amide bonds. The Bertz CT molecular complexity index is 490. The fraction of sp³-hybridized carbons (Fsp3) is 0.462. The predicted molar refractivity (Wildman–Crippen MR) is 83.9 cm³/mol. The highest BCUT2D eigenvalue weighted by molar-refractivity contribution is 9.10. The quantitative estimate of drug-likeness (QED) is 0.685. The summed E-state index contributed by atoms with van der Waals surface area (Å²) in [5.41, 5.74) is 0.508. The number of hydrogen-bond acceptors (Lipinski definition) is 3. The highest BCUT2D eigenvalue weighted by Gasteiger charge is 2.30. The summed E-state index contributed by atoms with van der Waals surface area (Å²) in [5, 5.41) is 10.9. The van der Waals surface area contributed by atoms with Gasteiger partial charge in [-0.3, -0.25) is 0 Å². The van der Waals surface area contributed by atoms with Gasteiger partial charge in [0.05, 0.1) is 6.04 Å². The lowest BCUT2D eigenvalue weighted by atomic mass is 10.1. The molecule has 1 aromatic carbocycles. The van der Waals surface area contributed by atoms with Crippen LogP contribution in [-0.2, 0) is 11.4 Å². The van der Waals surface area contributed by atoms with Gasteiger partial charge in [0.1, 0.15) is 10.6 Å². The van der Waals surface area contributed by atoms with E-state index in [2.05, 4.69) is 26.0 Å². The Hall–Kier alpha value is -0.830. The van der Waals surface area contributed by atoms with Gasteiger partial charge in [-0.25, -0.2) is 9.18 Å². The number of nitrogens with one attached hydrogen (secondary N) is 2. The largest absolute Gasteiger partial charge is 0.598 e. The lowest BCUT2D eigenvalue weighted by Crippen LogP contribution is -2.44. The molecular weight excluding hydrogens is 363 g/mol. The van der Waals surface area contributed by atoms with E-state index in [-0.39, 0.29) is 6.54 Å². The molecule has 0 bridgehead atoms. The predicted octanol–water partition coefficient (Wildman–Crippen LogP) is 2.95. The molecule has 0 heterocycles. The molecule has 0 aliphatic heterocycles. The summed E-state index contributed by atoms with van der Waals surface area (Å²) in [5.74, 6) is -0.456. The van der Waals surface area contributed by atoms with Gasteiger partial charge in [0.15, 0.2) is 0 Å².